The lowest BCUT2D eigenvalue weighted by Crippen LogP contribution is -2.53. The molecule has 0 atom stereocenters. The predicted octanol–water partition coefficient (Wildman–Crippen LogP) is 1.86. The lowest BCUT2D eigenvalue weighted by atomic mass is 10.2. The summed E-state index contributed by atoms with van der Waals surface area (Å²) in [6.45, 7) is 6.97. The second-order valence-electron chi connectivity index (χ2n) is 5.52. The number of carbonyl (C=O) groups is 2. The Labute approximate surface area is 142 Å². The van der Waals surface area contributed by atoms with E-state index < -0.39 is 0 Å². The number of hydrogen-bond acceptors (Lipinski definition) is 4. The number of nitrogens with one attached hydrogen (secondary N) is 1. The standard InChI is InChI=1S/C17H25N3O4/c1-3-23-17(22)20-11-9-19(10-12-20)16(21)18-8-13-24-15-7-5-4-6-14(15)2/h4-7H,3,8-13H2,1-2H3,(H,18,21). The number of aryl methyl sites for hydroxylation is 1. The van der Waals surface area contributed by atoms with Crippen molar-refractivity contribution in [1.82, 2.24) is 15.1 Å². The summed E-state index contributed by atoms with van der Waals surface area (Å²) in [5.74, 6) is 0.829. The van der Waals surface area contributed by atoms with E-state index in [4.69, 9.17) is 9.47 Å². The van der Waals surface area contributed by atoms with Crippen LogP contribution in [-0.2, 0) is 4.74 Å². The molecule has 1 aromatic rings. The molecule has 7 nitrogen and oxygen atoms in total. The van der Waals surface area contributed by atoms with Crippen LogP contribution in [-0.4, -0.2) is 67.9 Å². The van der Waals surface area contributed by atoms with E-state index in [2.05, 4.69) is 5.32 Å². The first kappa shape index (κ1) is 17.9. The number of ether oxygens (including phenoxy) is 2. The van der Waals surface area contributed by atoms with E-state index >= 15 is 0 Å². The fourth-order valence-corrected chi connectivity index (χ4v) is 2.46. The van der Waals surface area contributed by atoms with Gasteiger partial charge in [0.05, 0.1) is 13.2 Å². The molecule has 0 unspecified atom stereocenters. The van der Waals surface area contributed by atoms with E-state index in [0.29, 0.717) is 45.9 Å². The van der Waals surface area contributed by atoms with E-state index in [9.17, 15) is 9.59 Å². The van der Waals surface area contributed by atoms with Crippen molar-refractivity contribution in [2.24, 2.45) is 0 Å². The number of benzene rings is 1. The van der Waals surface area contributed by atoms with Crippen LogP contribution in [0.3, 0.4) is 0 Å². The summed E-state index contributed by atoms with van der Waals surface area (Å²) in [5, 5.41) is 2.84. The molecule has 1 saturated heterocycles. The van der Waals surface area contributed by atoms with Gasteiger partial charge in [0.2, 0.25) is 0 Å². The van der Waals surface area contributed by atoms with Crippen molar-refractivity contribution in [3.05, 3.63) is 29.8 Å². The van der Waals surface area contributed by atoms with Gasteiger partial charge in [0, 0.05) is 26.2 Å². The third-order valence-electron chi connectivity index (χ3n) is 3.82. The first-order valence-electron chi connectivity index (χ1n) is 8.24. The molecule has 1 heterocycles. The van der Waals surface area contributed by atoms with E-state index in [1.54, 1.807) is 16.7 Å². The van der Waals surface area contributed by atoms with Gasteiger partial charge in [-0.05, 0) is 25.5 Å². The Morgan fingerprint density at radius 1 is 1.12 bits per heavy atom. The first-order chi connectivity index (χ1) is 11.6. The van der Waals surface area contributed by atoms with Crippen molar-refractivity contribution in [2.45, 2.75) is 13.8 Å². The van der Waals surface area contributed by atoms with Gasteiger partial charge in [-0.3, -0.25) is 0 Å². The highest BCUT2D eigenvalue weighted by atomic mass is 16.6. The molecule has 0 spiro atoms. The third kappa shape index (κ3) is 5.04. The average Bonchev–Trinajstić information content (AvgIpc) is 2.60. The molecule has 24 heavy (non-hydrogen) atoms. The van der Waals surface area contributed by atoms with Crippen molar-refractivity contribution in [3.63, 3.8) is 0 Å². The van der Waals surface area contributed by atoms with Crippen LogP contribution in [0.5, 0.6) is 5.75 Å². The van der Waals surface area contributed by atoms with Gasteiger partial charge in [-0.2, -0.15) is 0 Å². The van der Waals surface area contributed by atoms with Crippen LogP contribution in [0, 0.1) is 6.92 Å². The minimum absolute atomic E-state index is 0.133. The summed E-state index contributed by atoms with van der Waals surface area (Å²) in [5.41, 5.74) is 1.07. The highest BCUT2D eigenvalue weighted by Gasteiger charge is 2.24. The quantitative estimate of drug-likeness (QED) is 0.834. The lowest BCUT2D eigenvalue weighted by Gasteiger charge is -2.34. The van der Waals surface area contributed by atoms with Gasteiger partial charge < -0.3 is 24.6 Å². The fraction of sp³-hybridized carbons (Fsp3) is 0.529. The Morgan fingerprint density at radius 3 is 2.46 bits per heavy atom. The Balaban J connectivity index is 1.65. The maximum Gasteiger partial charge on any atom is 0.409 e. The summed E-state index contributed by atoms with van der Waals surface area (Å²) in [6, 6.07) is 7.64. The smallest absolute Gasteiger partial charge is 0.409 e. The summed E-state index contributed by atoms with van der Waals surface area (Å²) >= 11 is 0. The van der Waals surface area contributed by atoms with Gasteiger partial charge in [-0.1, -0.05) is 18.2 Å². The number of hydrogen-bond donors (Lipinski definition) is 1. The first-order valence-corrected chi connectivity index (χ1v) is 8.24. The molecule has 3 amide bonds. The summed E-state index contributed by atoms with van der Waals surface area (Å²) in [4.78, 5) is 27.0. The number of piperazine rings is 1. The molecular weight excluding hydrogens is 310 g/mol. The Morgan fingerprint density at radius 2 is 1.79 bits per heavy atom. The number of urea groups is 1. The SMILES string of the molecule is CCOC(=O)N1CCN(C(=O)NCCOc2ccccc2C)CC1. The summed E-state index contributed by atoms with van der Waals surface area (Å²) in [6.07, 6.45) is -0.316. The fourth-order valence-electron chi connectivity index (χ4n) is 2.46. The van der Waals surface area contributed by atoms with Crippen LogP contribution in [0.15, 0.2) is 24.3 Å². The molecule has 1 N–H and O–H groups in total. The average molecular weight is 335 g/mol. The molecule has 1 fully saturated rings. The molecule has 1 aliphatic heterocycles. The monoisotopic (exact) mass is 335 g/mol. The van der Waals surface area contributed by atoms with Crippen LogP contribution in [0.4, 0.5) is 9.59 Å². The maximum atomic E-state index is 12.1. The van der Waals surface area contributed by atoms with Crippen molar-refractivity contribution >= 4 is 12.1 Å². The van der Waals surface area contributed by atoms with E-state index in [-0.39, 0.29) is 12.1 Å². The Hall–Kier alpha value is -2.44. The summed E-state index contributed by atoms with van der Waals surface area (Å²) < 4.78 is 10.6. The second kappa shape index (κ2) is 9.00. The number of amides is 3. The number of para-hydroxylation sites is 1. The second-order valence-corrected chi connectivity index (χ2v) is 5.52. The van der Waals surface area contributed by atoms with E-state index in [0.717, 1.165) is 11.3 Å². The number of carbonyl (C=O) groups excluding carboxylic acids is 2. The van der Waals surface area contributed by atoms with Crippen molar-refractivity contribution in [1.29, 1.82) is 0 Å². The topological polar surface area (TPSA) is 71.1 Å². The Kier molecular flexibility index (Phi) is 6.72. The van der Waals surface area contributed by atoms with Crippen molar-refractivity contribution in [2.75, 3.05) is 45.9 Å². The molecule has 1 aromatic carbocycles. The maximum absolute atomic E-state index is 12.1. The Bertz CT molecular complexity index is 557. The molecule has 7 heteroatoms. The van der Waals surface area contributed by atoms with Crippen LogP contribution < -0.4 is 10.1 Å². The number of rotatable bonds is 5. The lowest BCUT2D eigenvalue weighted by molar-refractivity contribution is 0.0851. The van der Waals surface area contributed by atoms with Gasteiger partial charge in [-0.25, -0.2) is 9.59 Å². The molecular formula is C17H25N3O4. The van der Waals surface area contributed by atoms with E-state index in [1.807, 2.05) is 31.2 Å². The van der Waals surface area contributed by atoms with Crippen LogP contribution in [0.25, 0.3) is 0 Å². The zero-order chi connectivity index (χ0) is 17.4. The minimum atomic E-state index is -0.316. The van der Waals surface area contributed by atoms with Crippen LogP contribution in [0.2, 0.25) is 0 Å². The van der Waals surface area contributed by atoms with Gasteiger partial charge in [-0.15, -0.1) is 0 Å². The minimum Gasteiger partial charge on any atom is -0.491 e. The van der Waals surface area contributed by atoms with Gasteiger partial charge in [0.15, 0.2) is 0 Å². The van der Waals surface area contributed by atoms with Crippen LogP contribution >= 0.6 is 0 Å². The van der Waals surface area contributed by atoms with Crippen LogP contribution in [0.1, 0.15) is 12.5 Å². The normalized spacial score (nSPS) is 14.2. The highest BCUT2D eigenvalue weighted by Crippen LogP contribution is 2.15. The third-order valence-corrected chi connectivity index (χ3v) is 3.82. The molecule has 0 bridgehead atoms. The van der Waals surface area contributed by atoms with Gasteiger partial charge in [0.1, 0.15) is 12.4 Å². The van der Waals surface area contributed by atoms with Gasteiger partial charge >= 0.3 is 12.1 Å². The molecule has 0 saturated carbocycles. The number of nitrogens with zero attached hydrogens (tertiary/aromatic N) is 2. The zero-order valence-corrected chi connectivity index (χ0v) is 14.3. The van der Waals surface area contributed by atoms with Gasteiger partial charge in [0.25, 0.3) is 0 Å². The highest BCUT2D eigenvalue weighted by molar-refractivity contribution is 5.75. The molecule has 0 aromatic heterocycles. The zero-order valence-electron chi connectivity index (χ0n) is 14.3. The molecule has 1 aliphatic rings. The van der Waals surface area contributed by atoms with E-state index in [1.165, 1.54) is 0 Å². The molecule has 0 aliphatic carbocycles. The van der Waals surface area contributed by atoms with Crippen molar-refractivity contribution < 1.29 is 19.1 Å². The molecule has 2 rings (SSSR count). The van der Waals surface area contributed by atoms with Crippen molar-refractivity contribution in [3.8, 4) is 5.75 Å². The largest absolute Gasteiger partial charge is 0.491 e. The summed E-state index contributed by atoms with van der Waals surface area (Å²) in [7, 11) is 0. The molecule has 0 radical (unpaired) electrons. The molecule has 132 valence electrons. The predicted molar refractivity (Wildman–Crippen MR) is 90.2 cm³/mol.